The van der Waals surface area contributed by atoms with Crippen LogP contribution in [0.2, 0.25) is 0 Å². The van der Waals surface area contributed by atoms with Crippen molar-refractivity contribution in [3.63, 3.8) is 0 Å². The number of anilines is 1. The summed E-state index contributed by atoms with van der Waals surface area (Å²) in [6.07, 6.45) is 3.64. The Morgan fingerprint density at radius 3 is 2.88 bits per heavy atom. The van der Waals surface area contributed by atoms with E-state index in [1.54, 1.807) is 22.8 Å². The molecule has 0 unspecified atom stereocenters. The zero-order valence-corrected chi connectivity index (χ0v) is 14.3. The number of benzene rings is 1. The Morgan fingerprint density at radius 2 is 2.21 bits per heavy atom. The number of nitrogens with zero attached hydrogens (tertiary/aromatic N) is 4. The van der Waals surface area contributed by atoms with Crippen LogP contribution in [0.3, 0.4) is 0 Å². The molecule has 7 heteroatoms. The van der Waals surface area contributed by atoms with Crippen molar-refractivity contribution in [2.75, 3.05) is 12.4 Å². The summed E-state index contributed by atoms with van der Waals surface area (Å²) in [4.78, 5) is 18.4. The SMILES string of the molecule is CC(C)c1nc2cc(NC(=O)N(C)Cc3cnn(C)c3)ccc2o1. The molecule has 0 spiro atoms. The number of urea groups is 1. The molecule has 2 aromatic heterocycles. The van der Waals surface area contributed by atoms with Gasteiger partial charge < -0.3 is 14.6 Å². The molecule has 3 rings (SSSR count). The van der Waals surface area contributed by atoms with E-state index in [9.17, 15) is 4.79 Å². The van der Waals surface area contributed by atoms with Crippen LogP contribution in [0.4, 0.5) is 10.5 Å². The first-order valence-electron chi connectivity index (χ1n) is 7.82. The van der Waals surface area contributed by atoms with Gasteiger partial charge in [0.15, 0.2) is 11.5 Å². The van der Waals surface area contributed by atoms with E-state index in [-0.39, 0.29) is 11.9 Å². The highest BCUT2D eigenvalue weighted by Gasteiger charge is 2.13. The monoisotopic (exact) mass is 327 g/mol. The number of fused-ring (bicyclic) bond motifs is 1. The number of oxazole rings is 1. The summed E-state index contributed by atoms with van der Waals surface area (Å²) in [5.74, 6) is 0.920. The molecule has 0 aliphatic rings. The molecule has 126 valence electrons. The molecule has 1 N–H and O–H groups in total. The van der Waals surface area contributed by atoms with Gasteiger partial charge in [0.25, 0.3) is 0 Å². The van der Waals surface area contributed by atoms with Crippen LogP contribution in [0.15, 0.2) is 35.0 Å². The zero-order valence-electron chi connectivity index (χ0n) is 14.3. The lowest BCUT2D eigenvalue weighted by Crippen LogP contribution is -2.30. The summed E-state index contributed by atoms with van der Waals surface area (Å²) < 4.78 is 7.39. The standard InChI is InChI=1S/C17H21N5O2/c1-11(2)16-20-14-7-13(5-6-15(14)24-16)19-17(23)21(3)9-12-8-18-22(4)10-12/h5-8,10-11H,9H2,1-4H3,(H,19,23). The molecule has 7 nitrogen and oxygen atoms in total. The van der Waals surface area contributed by atoms with Crippen molar-refractivity contribution >= 4 is 22.8 Å². The van der Waals surface area contributed by atoms with Crippen molar-refractivity contribution in [2.45, 2.75) is 26.3 Å². The Hall–Kier alpha value is -2.83. The van der Waals surface area contributed by atoms with Crippen LogP contribution >= 0.6 is 0 Å². The highest BCUT2D eigenvalue weighted by Crippen LogP contribution is 2.23. The van der Waals surface area contributed by atoms with Gasteiger partial charge in [0, 0.05) is 37.5 Å². The normalized spacial score (nSPS) is 11.2. The van der Waals surface area contributed by atoms with E-state index in [4.69, 9.17) is 4.42 Å². The molecule has 0 fully saturated rings. The van der Waals surface area contributed by atoms with Gasteiger partial charge in [0.1, 0.15) is 5.52 Å². The van der Waals surface area contributed by atoms with Gasteiger partial charge in [-0.3, -0.25) is 4.68 Å². The molecule has 2 amide bonds. The smallest absolute Gasteiger partial charge is 0.321 e. The Balaban J connectivity index is 1.70. The largest absolute Gasteiger partial charge is 0.440 e. The fourth-order valence-corrected chi connectivity index (χ4v) is 2.39. The van der Waals surface area contributed by atoms with Gasteiger partial charge in [0.05, 0.1) is 12.7 Å². The molecule has 0 saturated heterocycles. The van der Waals surface area contributed by atoms with Crippen LogP contribution in [0, 0.1) is 0 Å². The number of carbonyl (C=O) groups is 1. The van der Waals surface area contributed by atoms with Gasteiger partial charge in [0.2, 0.25) is 0 Å². The number of hydrogen-bond donors (Lipinski definition) is 1. The average molecular weight is 327 g/mol. The molecule has 3 aromatic rings. The van der Waals surface area contributed by atoms with Crippen LogP contribution < -0.4 is 5.32 Å². The first-order chi connectivity index (χ1) is 11.4. The van der Waals surface area contributed by atoms with Crippen LogP contribution in [0.5, 0.6) is 0 Å². The second-order valence-electron chi connectivity index (χ2n) is 6.20. The number of hydrogen-bond acceptors (Lipinski definition) is 4. The highest BCUT2D eigenvalue weighted by atomic mass is 16.3. The Labute approximate surface area is 140 Å². The van der Waals surface area contributed by atoms with E-state index in [0.717, 1.165) is 16.7 Å². The number of rotatable bonds is 4. The van der Waals surface area contributed by atoms with Crippen LogP contribution in [-0.4, -0.2) is 32.7 Å². The predicted molar refractivity (Wildman–Crippen MR) is 91.8 cm³/mol. The van der Waals surface area contributed by atoms with Crippen LogP contribution in [0.1, 0.15) is 31.2 Å². The lowest BCUT2D eigenvalue weighted by Gasteiger charge is -2.17. The summed E-state index contributed by atoms with van der Waals surface area (Å²) in [6, 6.07) is 5.27. The van der Waals surface area contributed by atoms with Gasteiger partial charge in [-0.15, -0.1) is 0 Å². The quantitative estimate of drug-likeness (QED) is 0.797. The molecule has 24 heavy (non-hydrogen) atoms. The second-order valence-corrected chi connectivity index (χ2v) is 6.20. The molecule has 0 saturated carbocycles. The summed E-state index contributed by atoms with van der Waals surface area (Å²) in [7, 11) is 3.59. The van der Waals surface area contributed by atoms with E-state index in [0.29, 0.717) is 18.1 Å². The summed E-state index contributed by atoms with van der Waals surface area (Å²) in [6.45, 7) is 4.55. The molecule has 0 radical (unpaired) electrons. The summed E-state index contributed by atoms with van der Waals surface area (Å²) in [5, 5.41) is 6.98. The Morgan fingerprint density at radius 1 is 1.42 bits per heavy atom. The van der Waals surface area contributed by atoms with Crippen molar-refractivity contribution in [2.24, 2.45) is 7.05 Å². The Bertz CT molecular complexity index is 865. The predicted octanol–water partition coefficient (Wildman–Crippen LogP) is 3.35. The lowest BCUT2D eigenvalue weighted by molar-refractivity contribution is 0.220. The number of aryl methyl sites for hydroxylation is 1. The summed E-state index contributed by atoms with van der Waals surface area (Å²) in [5.41, 5.74) is 3.13. The number of carbonyl (C=O) groups excluding carboxylic acids is 1. The second kappa shape index (κ2) is 6.35. The fraction of sp³-hybridized carbons (Fsp3) is 0.353. The molecule has 1 aromatic carbocycles. The minimum Gasteiger partial charge on any atom is -0.440 e. The fourth-order valence-electron chi connectivity index (χ4n) is 2.39. The number of aromatic nitrogens is 3. The van der Waals surface area contributed by atoms with Crippen molar-refractivity contribution in [3.05, 3.63) is 42.0 Å². The summed E-state index contributed by atoms with van der Waals surface area (Å²) >= 11 is 0. The van der Waals surface area contributed by atoms with Crippen LogP contribution in [0.25, 0.3) is 11.1 Å². The molecule has 0 atom stereocenters. The van der Waals surface area contributed by atoms with E-state index in [2.05, 4.69) is 15.4 Å². The van der Waals surface area contributed by atoms with Crippen molar-refractivity contribution in [1.29, 1.82) is 0 Å². The van der Waals surface area contributed by atoms with Crippen molar-refractivity contribution < 1.29 is 9.21 Å². The topological polar surface area (TPSA) is 76.2 Å². The van der Waals surface area contributed by atoms with Crippen LogP contribution in [-0.2, 0) is 13.6 Å². The zero-order chi connectivity index (χ0) is 17.3. The van der Waals surface area contributed by atoms with E-state index in [1.165, 1.54) is 0 Å². The maximum Gasteiger partial charge on any atom is 0.321 e. The third-order valence-electron chi connectivity index (χ3n) is 3.67. The average Bonchev–Trinajstić information content (AvgIpc) is 3.12. The minimum atomic E-state index is -0.189. The first-order valence-corrected chi connectivity index (χ1v) is 7.82. The van der Waals surface area contributed by atoms with E-state index >= 15 is 0 Å². The maximum absolute atomic E-state index is 12.3. The number of amides is 2. The van der Waals surface area contributed by atoms with Gasteiger partial charge in [-0.1, -0.05) is 13.8 Å². The third kappa shape index (κ3) is 3.40. The molecule has 2 heterocycles. The van der Waals surface area contributed by atoms with Gasteiger partial charge >= 0.3 is 6.03 Å². The molecule has 0 aliphatic carbocycles. The molecular formula is C17H21N5O2. The molecule has 0 aliphatic heterocycles. The van der Waals surface area contributed by atoms with E-state index < -0.39 is 0 Å². The highest BCUT2D eigenvalue weighted by molar-refractivity contribution is 5.91. The maximum atomic E-state index is 12.3. The third-order valence-corrected chi connectivity index (χ3v) is 3.67. The molecule has 0 bridgehead atoms. The van der Waals surface area contributed by atoms with Crippen molar-refractivity contribution in [3.8, 4) is 0 Å². The van der Waals surface area contributed by atoms with E-state index in [1.807, 2.05) is 45.3 Å². The van der Waals surface area contributed by atoms with Gasteiger partial charge in [-0.25, -0.2) is 9.78 Å². The number of nitrogens with one attached hydrogen (secondary N) is 1. The minimum absolute atomic E-state index is 0.189. The van der Waals surface area contributed by atoms with Crippen molar-refractivity contribution in [1.82, 2.24) is 19.7 Å². The first kappa shape index (κ1) is 16.0. The van der Waals surface area contributed by atoms with Gasteiger partial charge in [-0.2, -0.15) is 5.10 Å². The molecular weight excluding hydrogens is 306 g/mol. The Kier molecular flexibility index (Phi) is 4.24. The lowest BCUT2D eigenvalue weighted by atomic mass is 10.2. The van der Waals surface area contributed by atoms with Gasteiger partial charge in [-0.05, 0) is 18.2 Å².